The van der Waals surface area contributed by atoms with Gasteiger partial charge in [0.15, 0.2) is 0 Å². The highest BCUT2D eigenvalue weighted by Gasteiger charge is 2.07. The van der Waals surface area contributed by atoms with E-state index < -0.39 is 0 Å². The maximum atomic E-state index is 13.4. The predicted molar refractivity (Wildman–Crippen MR) is 68.6 cm³/mol. The van der Waals surface area contributed by atoms with E-state index in [1.165, 1.54) is 6.07 Å². The van der Waals surface area contributed by atoms with Crippen molar-refractivity contribution < 1.29 is 4.39 Å². The van der Waals surface area contributed by atoms with Gasteiger partial charge in [-0.2, -0.15) is 0 Å². The topological polar surface area (TPSA) is 12.0 Å². The van der Waals surface area contributed by atoms with E-state index in [1.807, 2.05) is 0 Å². The van der Waals surface area contributed by atoms with E-state index in [4.69, 9.17) is 11.6 Å². The average molecular weight is 244 g/mol. The van der Waals surface area contributed by atoms with Crippen LogP contribution < -0.4 is 5.32 Å². The number of rotatable bonds is 5. The van der Waals surface area contributed by atoms with Crippen LogP contribution in [-0.2, 0) is 0 Å². The third-order valence-corrected chi connectivity index (χ3v) is 2.74. The lowest BCUT2D eigenvalue weighted by molar-refractivity contribution is 0.525. The predicted octanol–water partition coefficient (Wildman–Crippen LogP) is 4.72. The Labute approximate surface area is 102 Å². The SMILES string of the molecule is CC(C)CCC(C)Nc1cc(Cl)ccc1F. The first-order chi connectivity index (χ1) is 7.49. The minimum absolute atomic E-state index is 0.249. The molecule has 0 saturated carbocycles. The van der Waals surface area contributed by atoms with Crippen LogP contribution in [0.4, 0.5) is 10.1 Å². The molecule has 3 heteroatoms. The van der Waals surface area contributed by atoms with Gasteiger partial charge in [0.05, 0.1) is 5.69 Å². The Morgan fingerprint density at radius 2 is 1.94 bits per heavy atom. The number of hydrogen-bond donors (Lipinski definition) is 1. The van der Waals surface area contributed by atoms with E-state index in [0.29, 0.717) is 16.6 Å². The second-order valence-electron chi connectivity index (χ2n) is 4.64. The van der Waals surface area contributed by atoms with Gasteiger partial charge in [0.2, 0.25) is 0 Å². The molecule has 0 aliphatic carbocycles. The van der Waals surface area contributed by atoms with Gasteiger partial charge >= 0.3 is 0 Å². The summed E-state index contributed by atoms with van der Waals surface area (Å²) in [6.07, 6.45) is 2.17. The molecule has 1 aromatic carbocycles. The van der Waals surface area contributed by atoms with E-state index in [0.717, 1.165) is 12.8 Å². The number of halogens is 2. The van der Waals surface area contributed by atoms with Gasteiger partial charge in [-0.05, 0) is 43.9 Å². The highest BCUT2D eigenvalue weighted by atomic mass is 35.5. The Morgan fingerprint density at radius 1 is 1.25 bits per heavy atom. The number of anilines is 1. The number of benzene rings is 1. The van der Waals surface area contributed by atoms with Gasteiger partial charge in [-0.1, -0.05) is 25.4 Å². The van der Waals surface area contributed by atoms with Gasteiger partial charge in [-0.15, -0.1) is 0 Å². The van der Waals surface area contributed by atoms with E-state index in [-0.39, 0.29) is 11.9 Å². The molecule has 0 radical (unpaired) electrons. The molecule has 1 aromatic rings. The molecule has 1 N–H and O–H groups in total. The molecule has 1 atom stereocenters. The van der Waals surface area contributed by atoms with Crippen LogP contribution in [0.2, 0.25) is 5.02 Å². The van der Waals surface area contributed by atoms with Crippen molar-refractivity contribution in [1.82, 2.24) is 0 Å². The molecule has 0 aliphatic rings. The van der Waals surface area contributed by atoms with E-state index >= 15 is 0 Å². The fourth-order valence-corrected chi connectivity index (χ4v) is 1.70. The molecule has 0 heterocycles. The Morgan fingerprint density at radius 3 is 2.56 bits per heavy atom. The fourth-order valence-electron chi connectivity index (χ4n) is 1.53. The molecular weight excluding hydrogens is 225 g/mol. The fraction of sp³-hybridized carbons (Fsp3) is 0.538. The molecular formula is C13H19ClFN. The molecule has 0 aliphatic heterocycles. The quantitative estimate of drug-likeness (QED) is 0.789. The Balaban J connectivity index is 2.55. The van der Waals surface area contributed by atoms with Crippen molar-refractivity contribution in [2.45, 2.75) is 39.7 Å². The van der Waals surface area contributed by atoms with Crippen molar-refractivity contribution in [1.29, 1.82) is 0 Å². The van der Waals surface area contributed by atoms with Crippen molar-refractivity contribution in [2.75, 3.05) is 5.32 Å². The minimum Gasteiger partial charge on any atom is -0.380 e. The Kier molecular flexibility index (Phi) is 5.07. The highest BCUT2D eigenvalue weighted by molar-refractivity contribution is 6.30. The van der Waals surface area contributed by atoms with Gasteiger partial charge in [0, 0.05) is 11.1 Å². The highest BCUT2D eigenvalue weighted by Crippen LogP contribution is 2.21. The zero-order chi connectivity index (χ0) is 12.1. The van der Waals surface area contributed by atoms with Gasteiger partial charge in [-0.3, -0.25) is 0 Å². The van der Waals surface area contributed by atoms with Crippen LogP contribution in [0, 0.1) is 11.7 Å². The molecule has 0 aromatic heterocycles. The maximum absolute atomic E-state index is 13.4. The molecule has 1 nitrogen and oxygen atoms in total. The minimum atomic E-state index is -0.249. The lowest BCUT2D eigenvalue weighted by atomic mass is 10.0. The smallest absolute Gasteiger partial charge is 0.146 e. The first kappa shape index (κ1) is 13.3. The third-order valence-electron chi connectivity index (χ3n) is 2.51. The van der Waals surface area contributed by atoms with Crippen molar-refractivity contribution >= 4 is 17.3 Å². The summed E-state index contributed by atoms with van der Waals surface area (Å²) in [5.74, 6) is 0.425. The van der Waals surface area contributed by atoms with Gasteiger partial charge in [-0.25, -0.2) is 4.39 Å². The molecule has 0 fully saturated rings. The molecule has 0 spiro atoms. The Bertz CT molecular complexity index is 339. The van der Waals surface area contributed by atoms with E-state index in [2.05, 4.69) is 26.1 Å². The van der Waals surface area contributed by atoms with Crippen molar-refractivity contribution in [2.24, 2.45) is 5.92 Å². The van der Waals surface area contributed by atoms with E-state index in [1.54, 1.807) is 12.1 Å². The number of nitrogens with one attached hydrogen (secondary N) is 1. The summed E-state index contributed by atoms with van der Waals surface area (Å²) in [5.41, 5.74) is 0.490. The van der Waals surface area contributed by atoms with Crippen LogP contribution in [0.3, 0.4) is 0 Å². The van der Waals surface area contributed by atoms with Crippen LogP contribution >= 0.6 is 11.6 Å². The maximum Gasteiger partial charge on any atom is 0.146 e. The van der Waals surface area contributed by atoms with Gasteiger partial charge in [0.1, 0.15) is 5.82 Å². The summed E-state index contributed by atoms with van der Waals surface area (Å²) in [6, 6.07) is 4.83. The summed E-state index contributed by atoms with van der Waals surface area (Å²) < 4.78 is 13.4. The zero-order valence-corrected chi connectivity index (χ0v) is 10.8. The van der Waals surface area contributed by atoms with Crippen LogP contribution in [0.1, 0.15) is 33.6 Å². The van der Waals surface area contributed by atoms with Crippen LogP contribution in [-0.4, -0.2) is 6.04 Å². The van der Waals surface area contributed by atoms with Crippen LogP contribution in [0.5, 0.6) is 0 Å². The summed E-state index contributed by atoms with van der Waals surface area (Å²) in [6.45, 7) is 6.43. The first-order valence-corrected chi connectivity index (χ1v) is 6.08. The van der Waals surface area contributed by atoms with E-state index in [9.17, 15) is 4.39 Å². The molecule has 1 unspecified atom stereocenters. The summed E-state index contributed by atoms with van der Waals surface area (Å²) in [7, 11) is 0. The van der Waals surface area contributed by atoms with Crippen LogP contribution in [0.15, 0.2) is 18.2 Å². The second kappa shape index (κ2) is 6.09. The molecule has 0 saturated heterocycles. The lowest BCUT2D eigenvalue weighted by Crippen LogP contribution is -2.16. The molecule has 1 rings (SSSR count). The normalized spacial score (nSPS) is 12.9. The molecule has 16 heavy (non-hydrogen) atoms. The molecule has 90 valence electrons. The van der Waals surface area contributed by atoms with Gasteiger partial charge in [0.25, 0.3) is 0 Å². The molecule has 0 bridgehead atoms. The third kappa shape index (κ3) is 4.40. The number of hydrogen-bond acceptors (Lipinski definition) is 1. The summed E-state index contributed by atoms with van der Waals surface area (Å²) in [5, 5.41) is 3.70. The van der Waals surface area contributed by atoms with Crippen molar-refractivity contribution in [3.8, 4) is 0 Å². The standard InChI is InChI=1S/C13H19ClFN/c1-9(2)4-5-10(3)16-13-8-11(14)6-7-12(13)15/h6-10,16H,4-5H2,1-3H3. The summed E-state index contributed by atoms with van der Waals surface area (Å²) in [4.78, 5) is 0. The largest absolute Gasteiger partial charge is 0.380 e. The zero-order valence-electron chi connectivity index (χ0n) is 10.1. The average Bonchev–Trinajstić information content (AvgIpc) is 2.20. The van der Waals surface area contributed by atoms with Gasteiger partial charge < -0.3 is 5.32 Å². The first-order valence-electron chi connectivity index (χ1n) is 5.70. The molecule has 0 amide bonds. The monoisotopic (exact) mass is 243 g/mol. The lowest BCUT2D eigenvalue weighted by Gasteiger charge is -2.17. The van der Waals surface area contributed by atoms with Crippen LogP contribution in [0.25, 0.3) is 0 Å². The summed E-state index contributed by atoms with van der Waals surface area (Å²) >= 11 is 5.82. The van der Waals surface area contributed by atoms with Crippen molar-refractivity contribution in [3.63, 3.8) is 0 Å². The Hall–Kier alpha value is -0.760. The second-order valence-corrected chi connectivity index (χ2v) is 5.08. The van der Waals surface area contributed by atoms with Crippen molar-refractivity contribution in [3.05, 3.63) is 29.0 Å².